The van der Waals surface area contributed by atoms with Gasteiger partial charge >= 0.3 is 0 Å². The lowest BCUT2D eigenvalue weighted by Crippen LogP contribution is -2.27. The van der Waals surface area contributed by atoms with Crippen molar-refractivity contribution in [3.63, 3.8) is 0 Å². The highest BCUT2D eigenvalue weighted by Gasteiger charge is 2.19. The Hall–Kier alpha value is -3.22. The van der Waals surface area contributed by atoms with Gasteiger partial charge in [0.25, 0.3) is 11.6 Å². The van der Waals surface area contributed by atoms with E-state index in [4.69, 9.17) is 0 Å². The number of carbonyl (C=O) groups excluding carboxylic acids is 2. The Balaban J connectivity index is 2.11. The van der Waals surface area contributed by atoms with Crippen LogP contribution in [-0.4, -0.2) is 16.7 Å². The predicted octanol–water partition coefficient (Wildman–Crippen LogP) is 3.74. The molecular formula is C19H21N3O4. The van der Waals surface area contributed by atoms with Crippen LogP contribution in [0.5, 0.6) is 0 Å². The molecule has 1 atom stereocenters. The van der Waals surface area contributed by atoms with Crippen molar-refractivity contribution in [1.29, 1.82) is 0 Å². The van der Waals surface area contributed by atoms with Crippen LogP contribution in [0.15, 0.2) is 42.5 Å². The Morgan fingerprint density at radius 3 is 2.38 bits per heavy atom. The van der Waals surface area contributed by atoms with E-state index in [-0.39, 0.29) is 29.1 Å². The van der Waals surface area contributed by atoms with Crippen LogP contribution in [0.3, 0.4) is 0 Å². The van der Waals surface area contributed by atoms with Crippen molar-refractivity contribution in [2.75, 3.05) is 5.32 Å². The predicted molar refractivity (Wildman–Crippen MR) is 99.1 cm³/mol. The maximum absolute atomic E-state index is 12.5. The van der Waals surface area contributed by atoms with Gasteiger partial charge < -0.3 is 10.6 Å². The molecule has 7 nitrogen and oxygen atoms in total. The van der Waals surface area contributed by atoms with Gasteiger partial charge in [-0.05, 0) is 37.6 Å². The molecule has 1 unspecified atom stereocenters. The second-order valence-corrected chi connectivity index (χ2v) is 5.93. The van der Waals surface area contributed by atoms with Gasteiger partial charge in [-0.1, -0.05) is 25.1 Å². The molecule has 0 spiro atoms. The number of carbonyl (C=O) groups is 2. The molecule has 7 heteroatoms. The van der Waals surface area contributed by atoms with Crippen molar-refractivity contribution in [2.45, 2.75) is 33.2 Å². The van der Waals surface area contributed by atoms with Crippen LogP contribution in [0, 0.1) is 17.0 Å². The second-order valence-electron chi connectivity index (χ2n) is 5.93. The Bertz CT molecular complexity index is 831. The monoisotopic (exact) mass is 355 g/mol. The molecule has 0 heterocycles. The average molecular weight is 355 g/mol. The van der Waals surface area contributed by atoms with E-state index in [1.165, 1.54) is 12.1 Å². The number of nitro groups is 1. The first-order valence-corrected chi connectivity index (χ1v) is 8.28. The van der Waals surface area contributed by atoms with E-state index in [1.54, 1.807) is 32.0 Å². The van der Waals surface area contributed by atoms with Gasteiger partial charge in [-0.25, -0.2) is 0 Å². The van der Waals surface area contributed by atoms with Crippen molar-refractivity contribution >= 4 is 23.2 Å². The normalized spacial score (nSPS) is 11.5. The molecule has 0 aliphatic heterocycles. The Kier molecular flexibility index (Phi) is 6.06. The number of hydrogen-bond donors (Lipinski definition) is 2. The second kappa shape index (κ2) is 8.24. The van der Waals surface area contributed by atoms with Crippen molar-refractivity contribution in [3.05, 3.63) is 69.3 Å². The highest BCUT2D eigenvalue weighted by atomic mass is 16.6. The lowest BCUT2D eigenvalue weighted by Gasteiger charge is -2.16. The summed E-state index contributed by atoms with van der Waals surface area (Å²) in [5.41, 5.74) is 2.07. The molecule has 26 heavy (non-hydrogen) atoms. The zero-order valence-corrected chi connectivity index (χ0v) is 14.9. The minimum Gasteiger partial charge on any atom is -0.346 e. The molecule has 2 amide bonds. The first-order chi connectivity index (χ1) is 12.3. The van der Waals surface area contributed by atoms with Crippen LogP contribution in [0.2, 0.25) is 0 Å². The lowest BCUT2D eigenvalue weighted by atomic mass is 10.0. The van der Waals surface area contributed by atoms with E-state index < -0.39 is 4.92 Å². The summed E-state index contributed by atoms with van der Waals surface area (Å²) in [5.74, 6) is -0.442. The van der Waals surface area contributed by atoms with Crippen LogP contribution >= 0.6 is 0 Å². The standard InChI is InChI=1S/C19H21N3O4/c1-4-18(23)21-15-10-8-14(9-11-15)13(3)20-19(24)16-6-5-7-17(12(16)2)22(25)26/h5-11,13H,4H2,1-3H3,(H,20,24)(H,21,23). The first kappa shape index (κ1) is 19.1. The molecule has 0 fully saturated rings. The van der Waals surface area contributed by atoms with Crippen molar-refractivity contribution in [1.82, 2.24) is 5.32 Å². The van der Waals surface area contributed by atoms with Gasteiger partial charge in [0, 0.05) is 29.3 Å². The summed E-state index contributed by atoms with van der Waals surface area (Å²) in [6.45, 7) is 5.16. The van der Waals surface area contributed by atoms with Crippen molar-refractivity contribution in [2.24, 2.45) is 0 Å². The van der Waals surface area contributed by atoms with Crippen LogP contribution in [0.1, 0.15) is 47.8 Å². The summed E-state index contributed by atoms with van der Waals surface area (Å²) in [5, 5.41) is 16.6. The number of nitro benzene ring substituents is 1. The summed E-state index contributed by atoms with van der Waals surface area (Å²) >= 11 is 0. The lowest BCUT2D eigenvalue weighted by molar-refractivity contribution is -0.385. The fraction of sp³-hybridized carbons (Fsp3) is 0.263. The molecule has 2 aromatic rings. The minimum absolute atomic E-state index is 0.0692. The number of benzene rings is 2. The number of nitrogens with one attached hydrogen (secondary N) is 2. The SMILES string of the molecule is CCC(=O)Nc1ccc(C(C)NC(=O)c2cccc([N+](=O)[O-])c2C)cc1. The fourth-order valence-electron chi connectivity index (χ4n) is 2.53. The van der Waals surface area contributed by atoms with Crippen LogP contribution in [-0.2, 0) is 4.79 Å². The highest BCUT2D eigenvalue weighted by Crippen LogP contribution is 2.22. The molecule has 0 saturated carbocycles. The van der Waals surface area contributed by atoms with Crippen LogP contribution in [0.4, 0.5) is 11.4 Å². The third kappa shape index (κ3) is 4.44. The van der Waals surface area contributed by atoms with Gasteiger partial charge in [0.2, 0.25) is 5.91 Å². The molecule has 0 radical (unpaired) electrons. The summed E-state index contributed by atoms with van der Waals surface area (Å²) in [6, 6.07) is 11.3. The van der Waals surface area contributed by atoms with Gasteiger partial charge in [0.1, 0.15) is 0 Å². The summed E-state index contributed by atoms with van der Waals surface area (Å²) in [7, 11) is 0. The molecular weight excluding hydrogens is 334 g/mol. The molecule has 2 rings (SSSR count). The molecule has 0 aliphatic carbocycles. The molecule has 2 N–H and O–H groups in total. The molecule has 136 valence electrons. The van der Waals surface area contributed by atoms with E-state index in [0.717, 1.165) is 5.56 Å². The highest BCUT2D eigenvalue weighted by molar-refractivity contribution is 5.96. The van der Waals surface area contributed by atoms with Crippen LogP contribution in [0.25, 0.3) is 0 Å². The smallest absolute Gasteiger partial charge is 0.273 e. The molecule has 2 aromatic carbocycles. The van der Waals surface area contributed by atoms with E-state index in [0.29, 0.717) is 17.7 Å². The molecule has 0 bridgehead atoms. The van der Waals surface area contributed by atoms with E-state index in [2.05, 4.69) is 10.6 Å². The zero-order valence-electron chi connectivity index (χ0n) is 14.9. The number of nitrogens with zero attached hydrogens (tertiary/aromatic N) is 1. The number of amides is 2. The fourth-order valence-corrected chi connectivity index (χ4v) is 2.53. The zero-order chi connectivity index (χ0) is 19.3. The maximum Gasteiger partial charge on any atom is 0.273 e. The number of anilines is 1. The van der Waals surface area contributed by atoms with Gasteiger partial charge in [-0.2, -0.15) is 0 Å². The van der Waals surface area contributed by atoms with Gasteiger partial charge in [0.15, 0.2) is 0 Å². The van der Waals surface area contributed by atoms with Crippen molar-refractivity contribution in [3.8, 4) is 0 Å². The third-order valence-corrected chi connectivity index (χ3v) is 4.11. The number of hydrogen-bond acceptors (Lipinski definition) is 4. The van der Waals surface area contributed by atoms with E-state index in [1.807, 2.05) is 19.1 Å². The molecule has 0 aromatic heterocycles. The van der Waals surface area contributed by atoms with Gasteiger partial charge in [-0.15, -0.1) is 0 Å². The Labute approximate surface area is 151 Å². The largest absolute Gasteiger partial charge is 0.346 e. The summed E-state index contributed by atoms with van der Waals surface area (Å²) in [6.07, 6.45) is 0.400. The maximum atomic E-state index is 12.5. The third-order valence-electron chi connectivity index (χ3n) is 4.11. The first-order valence-electron chi connectivity index (χ1n) is 8.28. The summed E-state index contributed by atoms with van der Waals surface area (Å²) in [4.78, 5) is 34.4. The minimum atomic E-state index is -0.501. The van der Waals surface area contributed by atoms with Gasteiger partial charge in [0.05, 0.1) is 11.0 Å². The average Bonchev–Trinajstić information content (AvgIpc) is 2.61. The quantitative estimate of drug-likeness (QED) is 0.609. The van der Waals surface area contributed by atoms with Crippen molar-refractivity contribution < 1.29 is 14.5 Å². The molecule has 0 saturated heterocycles. The molecule has 0 aliphatic rings. The number of rotatable bonds is 6. The van der Waals surface area contributed by atoms with E-state index in [9.17, 15) is 19.7 Å². The van der Waals surface area contributed by atoms with Crippen LogP contribution < -0.4 is 10.6 Å². The summed E-state index contributed by atoms with van der Waals surface area (Å²) < 4.78 is 0. The van der Waals surface area contributed by atoms with E-state index >= 15 is 0 Å². The van der Waals surface area contributed by atoms with Gasteiger partial charge in [-0.3, -0.25) is 19.7 Å². The topological polar surface area (TPSA) is 101 Å². The Morgan fingerprint density at radius 1 is 1.15 bits per heavy atom. The Morgan fingerprint density at radius 2 is 1.81 bits per heavy atom.